The van der Waals surface area contributed by atoms with Crippen molar-refractivity contribution in [1.82, 2.24) is 10.2 Å². The maximum Gasteiger partial charge on any atom is 0.318 e. The summed E-state index contributed by atoms with van der Waals surface area (Å²) in [5, 5.41) is 12.0. The van der Waals surface area contributed by atoms with Crippen LogP contribution in [0.15, 0.2) is 12.1 Å². The van der Waals surface area contributed by atoms with Gasteiger partial charge in [0.1, 0.15) is 5.82 Å². The fraction of sp³-hybridized carbons (Fsp3) is 0.562. The number of nitrogens with zero attached hydrogens (tertiary/aromatic N) is 1. The van der Waals surface area contributed by atoms with Crippen LogP contribution in [0, 0.1) is 19.7 Å². The lowest BCUT2D eigenvalue weighted by Crippen LogP contribution is -2.43. The molecule has 5 heteroatoms. The normalized spacial score (nSPS) is 15.7. The Hall–Kier alpha value is -1.62. The molecule has 0 aliphatic heterocycles. The van der Waals surface area contributed by atoms with Crippen LogP contribution < -0.4 is 5.32 Å². The zero-order valence-electron chi connectivity index (χ0n) is 12.8. The van der Waals surface area contributed by atoms with Crippen LogP contribution in [0.25, 0.3) is 0 Å². The molecule has 116 valence electrons. The highest BCUT2D eigenvalue weighted by atomic mass is 19.1. The van der Waals surface area contributed by atoms with E-state index in [1.165, 1.54) is 0 Å². The van der Waals surface area contributed by atoms with Crippen LogP contribution in [0.3, 0.4) is 0 Å². The van der Waals surface area contributed by atoms with Gasteiger partial charge < -0.3 is 15.3 Å². The number of urea groups is 1. The van der Waals surface area contributed by atoms with Crippen LogP contribution in [0.5, 0.6) is 0 Å². The van der Waals surface area contributed by atoms with Crippen LogP contribution in [-0.2, 0) is 0 Å². The quantitative estimate of drug-likeness (QED) is 0.877. The third kappa shape index (κ3) is 3.73. The maximum absolute atomic E-state index is 13.7. The first kappa shape index (κ1) is 15.8. The molecule has 1 saturated carbocycles. The first-order chi connectivity index (χ1) is 9.93. The van der Waals surface area contributed by atoms with Gasteiger partial charge in [-0.3, -0.25) is 0 Å². The highest BCUT2D eigenvalue weighted by molar-refractivity contribution is 5.75. The summed E-state index contributed by atoms with van der Waals surface area (Å²) in [6.45, 7) is 5.65. The lowest BCUT2D eigenvalue weighted by Gasteiger charge is -2.25. The van der Waals surface area contributed by atoms with Crippen molar-refractivity contribution in [2.45, 2.75) is 45.7 Å². The van der Waals surface area contributed by atoms with Crippen molar-refractivity contribution in [1.29, 1.82) is 0 Å². The van der Waals surface area contributed by atoms with E-state index in [0.717, 1.165) is 18.4 Å². The number of carbonyl (C=O) groups is 1. The molecule has 2 N–H and O–H groups in total. The summed E-state index contributed by atoms with van der Waals surface area (Å²) in [5.74, 6) is -0.197. The molecular weight excluding hydrogens is 271 g/mol. The number of hydrogen-bond donors (Lipinski definition) is 2. The standard InChI is InChI=1S/C16H23FN2O2/c1-10-8-13(9-11(2)15(10)17)12(3)18-16(21)19(6-7-20)14-4-5-14/h8-9,12,14,20H,4-7H2,1-3H3,(H,18,21)/t12-/m0/s1. The van der Waals surface area contributed by atoms with E-state index < -0.39 is 0 Å². The van der Waals surface area contributed by atoms with Crippen LogP contribution in [-0.4, -0.2) is 35.2 Å². The Morgan fingerprint density at radius 1 is 1.43 bits per heavy atom. The number of carbonyl (C=O) groups excluding carboxylic acids is 1. The van der Waals surface area contributed by atoms with Gasteiger partial charge in [0.2, 0.25) is 0 Å². The van der Waals surface area contributed by atoms with E-state index in [9.17, 15) is 9.18 Å². The van der Waals surface area contributed by atoms with Crippen molar-refractivity contribution < 1.29 is 14.3 Å². The van der Waals surface area contributed by atoms with Gasteiger partial charge >= 0.3 is 6.03 Å². The summed E-state index contributed by atoms with van der Waals surface area (Å²) in [5.41, 5.74) is 2.06. The van der Waals surface area contributed by atoms with E-state index in [0.29, 0.717) is 17.7 Å². The minimum Gasteiger partial charge on any atom is -0.395 e. The number of benzene rings is 1. The molecule has 0 saturated heterocycles. The fourth-order valence-corrected chi connectivity index (χ4v) is 2.52. The first-order valence-corrected chi connectivity index (χ1v) is 7.38. The van der Waals surface area contributed by atoms with Gasteiger partial charge in [0.05, 0.1) is 12.6 Å². The van der Waals surface area contributed by atoms with E-state index in [2.05, 4.69) is 5.32 Å². The molecule has 0 spiro atoms. The Balaban J connectivity index is 2.06. The highest BCUT2D eigenvalue weighted by Gasteiger charge is 2.32. The summed E-state index contributed by atoms with van der Waals surface area (Å²) in [4.78, 5) is 13.9. The van der Waals surface area contributed by atoms with Crippen LogP contribution in [0.1, 0.15) is 42.5 Å². The van der Waals surface area contributed by atoms with E-state index in [1.54, 1.807) is 30.9 Å². The highest BCUT2D eigenvalue weighted by Crippen LogP contribution is 2.27. The molecule has 1 atom stereocenters. The van der Waals surface area contributed by atoms with Crippen LogP contribution >= 0.6 is 0 Å². The van der Waals surface area contributed by atoms with Crippen LogP contribution in [0.2, 0.25) is 0 Å². The summed E-state index contributed by atoms with van der Waals surface area (Å²) in [6, 6.07) is 3.41. The second-order valence-corrected chi connectivity index (χ2v) is 5.79. The van der Waals surface area contributed by atoms with E-state index >= 15 is 0 Å². The van der Waals surface area contributed by atoms with Crippen molar-refractivity contribution in [3.8, 4) is 0 Å². The summed E-state index contributed by atoms with van der Waals surface area (Å²) >= 11 is 0. The Labute approximate surface area is 125 Å². The molecule has 1 aliphatic rings. The number of aryl methyl sites for hydroxylation is 2. The lowest BCUT2D eigenvalue weighted by atomic mass is 10.0. The monoisotopic (exact) mass is 294 g/mol. The van der Waals surface area contributed by atoms with Gasteiger partial charge in [-0.1, -0.05) is 12.1 Å². The minimum absolute atomic E-state index is 0.0347. The second kappa shape index (κ2) is 6.43. The number of hydrogen-bond acceptors (Lipinski definition) is 2. The topological polar surface area (TPSA) is 52.6 Å². The van der Waals surface area contributed by atoms with Crippen molar-refractivity contribution in [3.63, 3.8) is 0 Å². The van der Waals surface area contributed by atoms with Crippen molar-refractivity contribution in [2.24, 2.45) is 0 Å². The molecule has 0 heterocycles. The van der Waals surface area contributed by atoms with Gasteiger partial charge in [0.15, 0.2) is 0 Å². The molecule has 2 amide bonds. The number of nitrogens with one attached hydrogen (secondary N) is 1. The minimum atomic E-state index is -0.199. The smallest absolute Gasteiger partial charge is 0.318 e. The molecule has 0 bridgehead atoms. The predicted octanol–water partition coefficient (Wildman–Crippen LogP) is 2.67. The Morgan fingerprint density at radius 2 is 2.00 bits per heavy atom. The average Bonchev–Trinajstić information content (AvgIpc) is 3.25. The molecule has 4 nitrogen and oxygen atoms in total. The van der Waals surface area contributed by atoms with Gasteiger partial charge in [0.25, 0.3) is 0 Å². The van der Waals surface area contributed by atoms with Gasteiger partial charge in [0, 0.05) is 12.6 Å². The number of amides is 2. The SMILES string of the molecule is Cc1cc([C@H](C)NC(=O)N(CCO)C2CC2)cc(C)c1F. The third-order valence-corrected chi connectivity index (χ3v) is 3.89. The van der Waals surface area contributed by atoms with Crippen molar-refractivity contribution in [2.75, 3.05) is 13.2 Å². The van der Waals surface area contributed by atoms with E-state index in [1.807, 2.05) is 6.92 Å². The third-order valence-electron chi connectivity index (χ3n) is 3.89. The maximum atomic E-state index is 13.7. The number of halogens is 1. The molecule has 0 aromatic heterocycles. The molecule has 1 aromatic rings. The van der Waals surface area contributed by atoms with Gasteiger partial charge in [-0.2, -0.15) is 0 Å². The van der Waals surface area contributed by atoms with Crippen molar-refractivity contribution in [3.05, 3.63) is 34.6 Å². The molecule has 1 aliphatic carbocycles. The first-order valence-electron chi connectivity index (χ1n) is 7.38. The number of aliphatic hydroxyl groups excluding tert-OH is 1. The fourth-order valence-electron chi connectivity index (χ4n) is 2.52. The molecule has 1 aromatic carbocycles. The van der Waals surface area contributed by atoms with Gasteiger partial charge in [-0.05, 0) is 50.3 Å². The molecular formula is C16H23FN2O2. The average molecular weight is 294 g/mol. The molecule has 21 heavy (non-hydrogen) atoms. The Morgan fingerprint density at radius 3 is 2.48 bits per heavy atom. The molecule has 2 rings (SSSR count). The molecule has 0 unspecified atom stereocenters. The largest absolute Gasteiger partial charge is 0.395 e. The summed E-state index contributed by atoms with van der Waals surface area (Å²) < 4.78 is 13.7. The lowest BCUT2D eigenvalue weighted by molar-refractivity contribution is 0.171. The van der Waals surface area contributed by atoms with E-state index in [-0.39, 0.29) is 30.5 Å². The van der Waals surface area contributed by atoms with E-state index in [4.69, 9.17) is 5.11 Å². The summed E-state index contributed by atoms with van der Waals surface area (Å²) in [7, 11) is 0. The number of aliphatic hydroxyl groups is 1. The predicted molar refractivity (Wildman–Crippen MR) is 79.6 cm³/mol. The molecule has 0 radical (unpaired) electrons. The second-order valence-electron chi connectivity index (χ2n) is 5.79. The summed E-state index contributed by atoms with van der Waals surface area (Å²) in [6.07, 6.45) is 1.99. The van der Waals surface area contributed by atoms with Crippen LogP contribution in [0.4, 0.5) is 9.18 Å². The van der Waals surface area contributed by atoms with Gasteiger partial charge in [-0.15, -0.1) is 0 Å². The molecule has 1 fully saturated rings. The van der Waals surface area contributed by atoms with Gasteiger partial charge in [-0.25, -0.2) is 9.18 Å². The Kier molecular flexibility index (Phi) is 4.83. The Bertz CT molecular complexity index is 506. The van der Waals surface area contributed by atoms with Crippen molar-refractivity contribution >= 4 is 6.03 Å². The zero-order chi connectivity index (χ0) is 15.6. The zero-order valence-corrected chi connectivity index (χ0v) is 12.8. The number of rotatable bonds is 5.